The van der Waals surface area contributed by atoms with E-state index in [9.17, 15) is 4.79 Å². The number of carbonyl (C=O) groups is 1. The Morgan fingerprint density at radius 3 is 2.33 bits per heavy atom. The smallest absolute Gasteiger partial charge is 0.255 e. The second kappa shape index (κ2) is 7.70. The second-order valence-corrected chi connectivity index (χ2v) is 5.76. The number of amides is 1. The van der Waals surface area contributed by atoms with Crippen LogP contribution in [0.15, 0.2) is 73.3 Å². The zero-order valence-corrected chi connectivity index (χ0v) is 13.7. The third-order valence-corrected chi connectivity index (χ3v) is 3.94. The zero-order chi connectivity index (χ0) is 16.8. The highest BCUT2D eigenvalue weighted by Crippen LogP contribution is 2.20. The molecule has 24 heavy (non-hydrogen) atoms. The van der Waals surface area contributed by atoms with E-state index in [2.05, 4.69) is 9.97 Å². The van der Waals surface area contributed by atoms with Gasteiger partial charge in [-0.15, -0.1) is 0 Å². The van der Waals surface area contributed by atoms with Gasteiger partial charge in [0.2, 0.25) is 0 Å². The molecular formula is C19H16ClN3O. The third kappa shape index (κ3) is 3.97. The Labute approximate surface area is 145 Å². The van der Waals surface area contributed by atoms with Gasteiger partial charge in [0.05, 0.1) is 10.6 Å². The van der Waals surface area contributed by atoms with E-state index in [-0.39, 0.29) is 5.91 Å². The van der Waals surface area contributed by atoms with Crippen LogP contribution < -0.4 is 0 Å². The number of nitrogens with zero attached hydrogens (tertiary/aromatic N) is 3. The highest BCUT2D eigenvalue weighted by molar-refractivity contribution is 6.33. The molecule has 0 radical (unpaired) electrons. The SMILES string of the molecule is O=C(c1ccccc1Cl)N(Cc1ccncc1)Cc1cccnc1. The first kappa shape index (κ1) is 16.1. The van der Waals surface area contributed by atoms with E-state index < -0.39 is 0 Å². The Morgan fingerprint density at radius 2 is 1.62 bits per heavy atom. The Hall–Kier alpha value is -2.72. The van der Waals surface area contributed by atoms with Crippen molar-refractivity contribution in [1.29, 1.82) is 0 Å². The number of halogens is 1. The fourth-order valence-corrected chi connectivity index (χ4v) is 2.64. The predicted molar refractivity (Wildman–Crippen MR) is 93.5 cm³/mol. The van der Waals surface area contributed by atoms with E-state index in [1.807, 2.05) is 36.4 Å². The second-order valence-electron chi connectivity index (χ2n) is 5.36. The van der Waals surface area contributed by atoms with E-state index in [0.717, 1.165) is 11.1 Å². The maximum absolute atomic E-state index is 13.0. The van der Waals surface area contributed by atoms with Gasteiger partial charge >= 0.3 is 0 Å². The van der Waals surface area contributed by atoms with Gasteiger partial charge in [-0.25, -0.2) is 0 Å². The molecule has 0 aliphatic rings. The van der Waals surface area contributed by atoms with Gasteiger partial charge in [0, 0.05) is 37.9 Å². The Bertz CT molecular complexity index is 768. The molecule has 0 aliphatic heterocycles. The highest BCUT2D eigenvalue weighted by atomic mass is 35.5. The fraction of sp³-hybridized carbons (Fsp3) is 0.105. The molecule has 0 N–H and O–H groups in total. The van der Waals surface area contributed by atoms with Crippen molar-refractivity contribution in [2.24, 2.45) is 0 Å². The van der Waals surface area contributed by atoms with Crippen LogP contribution in [0.25, 0.3) is 0 Å². The number of rotatable bonds is 5. The van der Waals surface area contributed by atoms with E-state index >= 15 is 0 Å². The van der Waals surface area contributed by atoms with Crippen LogP contribution in [0.3, 0.4) is 0 Å². The lowest BCUT2D eigenvalue weighted by atomic mass is 10.1. The van der Waals surface area contributed by atoms with Crippen molar-refractivity contribution < 1.29 is 4.79 Å². The molecule has 0 spiro atoms. The lowest BCUT2D eigenvalue weighted by Gasteiger charge is -2.23. The summed E-state index contributed by atoms with van der Waals surface area (Å²) in [5.74, 6) is -0.110. The van der Waals surface area contributed by atoms with E-state index in [1.165, 1.54) is 0 Å². The summed E-state index contributed by atoms with van der Waals surface area (Å²) in [5, 5.41) is 0.452. The Balaban J connectivity index is 1.89. The van der Waals surface area contributed by atoms with Crippen LogP contribution in [-0.2, 0) is 13.1 Å². The van der Waals surface area contributed by atoms with E-state index in [4.69, 9.17) is 11.6 Å². The molecule has 0 aliphatic carbocycles. The van der Waals surface area contributed by atoms with Crippen molar-refractivity contribution in [1.82, 2.24) is 14.9 Å². The standard InChI is InChI=1S/C19H16ClN3O/c20-18-6-2-1-5-17(18)19(24)23(13-15-7-10-21-11-8-15)14-16-4-3-9-22-12-16/h1-12H,13-14H2. The molecule has 3 aromatic rings. The number of benzene rings is 1. The lowest BCUT2D eigenvalue weighted by molar-refractivity contribution is 0.0730. The number of hydrogen-bond acceptors (Lipinski definition) is 3. The predicted octanol–water partition coefficient (Wildman–Crippen LogP) is 3.97. The average molecular weight is 338 g/mol. The van der Waals surface area contributed by atoms with Gasteiger partial charge in [-0.05, 0) is 41.5 Å². The van der Waals surface area contributed by atoms with Crippen LogP contribution in [0, 0.1) is 0 Å². The van der Waals surface area contributed by atoms with Crippen molar-refractivity contribution in [2.45, 2.75) is 13.1 Å². The molecule has 3 rings (SSSR count). The van der Waals surface area contributed by atoms with Crippen molar-refractivity contribution in [3.8, 4) is 0 Å². The van der Waals surface area contributed by atoms with Gasteiger partial charge in [-0.2, -0.15) is 0 Å². The molecule has 0 saturated carbocycles. The summed E-state index contributed by atoms with van der Waals surface area (Å²) < 4.78 is 0. The summed E-state index contributed by atoms with van der Waals surface area (Å²) in [6.07, 6.45) is 6.92. The Kier molecular flexibility index (Phi) is 5.18. The maximum atomic E-state index is 13.0. The van der Waals surface area contributed by atoms with Crippen LogP contribution in [0.5, 0.6) is 0 Å². The topological polar surface area (TPSA) is 46.1 Å². The van der Waals surface area contributed by atoms with E-state index in [0.29, 0.717) is 23.7 Å². The first-order chi connectivity index (χ1) is 11.7. The summed E-state index contributed by atoms with van der Waals surface area (Å²) in [6, 6.07) is 14.7. The minimum Gasteiger partial charge on any atom is -0.330 e. The minimum atomic E-state index is -0.110. The van der Waals surface area contributed by atoms with Gasteiger partial charge < -0.3 is 4.90 Å². The molecular weight excluding hydrogens is 322 g/mol. The summed E-state index contributed by atoms with van der Waals surface area (Å²) in [5.41, 5.74) is 2.47. The fourth-order valence-electron chi connectivity index (χ4n) is 2.43. The van der Waals surface area contributed by atoms with Gasteiger partial charge in [0.25, 0.3) is 5.91 Å². The van der Waals surface area contributed by atoms with Crippen molar-refractivity contribution in [2.75, 3.05) is 0 Å². The van der Waals surface area contributed by atoms with Crippen molar-refractivity contribution >= 4 is 17.5 Å². The van der Waals surface area contributed by atoms with E-state index in [1.54, 1.807) is 41.8 Å². The first-order valence-electron chi connectivity index (χ1n) is 7.55. The quantitative estimate of drug-likeness (QED) is 0.707. The molecule has 4 nitrogen and oxygen atoms in total. The molecule has 120 valence electrons. The highest BCUT2D eigenvalue weighted by Gasteiger charge is 2.19. The molecule has 1 amide bonds. The number of hydrogen-bond donors (Lipinski definition) is 0. The summed E-state index contributed by atoms with van der Waals surface area (Å²) >= 11 is 6.20. The van der Waals surface area contributed by atoms with Gasteiger partial charge in [0.1, 0.15) is 0 Å². The monoisotopic (exact) mass is 337 g/mol. The van der Waals surface area contributed by atoms with Crippen LogP contribution >= 0.6 is 11.6 Å². The summed E-state index contributed by atoms with van der Waals surface area (Å²) in [6.45, 7) is 0.932. The molecule has 0 bridgehead atoms. The molecule has 2 heterocycles. The molecule has 0 saturated heterocycles. The van der Waals surface area contributed by atoms with Gasteiger partial charge in [-0.3, -0.25) is 14.8 Å². The number of aromatic nitrogens is 2. The summed E-state index contributed by atoms with van der Waals surface area (Å²) in [4.78, 5) is 22.9. The van der Waals surface area contributed by atoms with Crippen molar-refractivity contribution in [3.63, 3.8) is 0 Å². The largest absolute Gasteiger partial charge is 0.330 e. The van der Waals surface area contributed by atoms with Gasteiger partial charge in [0.15, 0.2) is 0 Å². The van der Waals surface area contributed by atoms with Crippen LogP contribution in [0.2, 0.25) is 5.02 Å². The maximum Gasteiger partial charge on any atom is 0.255 e. The molecule has 5 heteroatoms. The summed E-state index contributed by atoms with van der Waals surface area (Å²) in [7, 11) is 0. The van der Waals surface area contributed by atoms with Crippen molar-refractivity contribution in [3.05, 3.63) is 95.0 Å². The normalized spacial score (nSPS) is 10.4. The third-order valence-electron chi connectivity index (χ3n) is 3.61. The van der Waals surface area contributed by atoms with Crippen LogP contribution in [0.4, 0.5) is 0 Å². The van der Waals surface area contributed by atoms with Crippen LogP contribution in [-0.4, -0.2) is 20.8 Å². The lowest BCUT2D eigenvalue weighted by Crippen LogP contribution is -2.30. The molecule has 1 aromatic carbocycles. The zero-order valence-electron chi connectivity index (χ0n) is 13.0. The molecule has 0 atom stereocenters. The van der Waals surface area contributed by atoms with Crippen LogP contribution in [0.1, 0.15) is 21.5 Å². The minimum absolute atomic E-state index is 0.110. The van der Waals surface area contributed by atoms with Gasteiger partial charge in [-0.1, -0.05) is 29.8 Å². The first-order valence-corrected chi connectivity index (χ1v) is 7.93. The number of carbonyl (C=O) groups excluding carboxylic acids is 1. The number of pyridine rings is 2. The molecule has 0 fully saturated rings. The molecule has 2 aromatic heterocycles. The average Bonchev–Trinajstić information content (AvgIpc) is 2.63. The molecule has 0 unspecified atom stereocenters. The Morgan fingerprint density at radius 1 is 0.875 bits per heavy atom.